The van der Waals surface area contributed by atoms with E-state index in [9.17, 15) is 0 Å². The Morgan fingerprint density at radius 2 is 1.73 bits per heavy atom. The van der Waals surface area contributed by atoms with Crippen molar-refractivity contribution in [3.05, 3.63) is 24.3 Å². The molecule has 0 bridgehead atoms. The fraction of sp³-hybridized carbons (Fsp3) is 0.636. The molecule has 0 amide bonds. The normalized spacial score (nSPS) is 12.9. The van der Waals surface area contributed by atoms with E-state index >= 15 is 0 Å². The maximum Gasteiger partial charge on any atom is -0.0138 e. The molecule has 0 aliphatic carbocycles. The molecule has 0 fully saturated rings. The zero-order valence-corrected chi connectivity index (χ0v) is 8.44. The van der Waals surface area contributed by atoms with Crippen LogP contribution >= 0.6 is 0 Å². The Balaban J connectivity index is 4.09. The summed E-state index contributed by atoms with van der Waals surface area (Å²) in [5, 5.41) is 0. The van der Waals surface area contributed by atoms with Gasteiger partial charge in [-0.1, -0.05) is 58.9 Å². The number of rotatable bonds is 2. The van der Waals surface area contributed by atoms with E-state index in [1.54, 1.807) is 0 Å². The van der Waals surface area contributed by atoms with E-state index in [0.717, 1.165) is 0 Å². The van der Waals surface area contributed by atoms with E-state index in [-0.39, 0.29) is 5.41 Å². The highest BCUT2D eigenvalue weighted by Gasteiger charge is 2.11. The van der Waals surface area contributed by atoms with Gasteiger partial charge in [-0.25, -0.2) is 0 Å². The molecule has 0 unspecified atom stereocenters. The first-order valence-electron chi connectivity index (χ1n) is 4.21. The minimum absolute atomic E-state index is 0.214. The van der Waals surface area contributed by atoms with Gasteiger partial charge >= 0.3 is 0 Å². The second-order valence-corrected chi connectivity index (χ2v) is 4.38. The van der Waals surface area contributed by atoms with Crippen LogP contribution in [0.4, 0.5) is 0 Å². The Bertz CT molecular complexity index is 153. The molecule has 0 radical (unpaired) electrons. The van der Waals surface area contributed by atoms with Crippen molar-refractivity contribution in [3.63, 3.8) is 0 Å². The maximum atomic E-state index is 4.01. The minimum atomic E-state index is 0.214. The van der Waals surface area contributed by atoms with Crippen molar-refractivity contribution < 1.29 is 0 Å². The van der Waals surface area contributed by atoms with Crippen LogP contribution in [0.5, 0.6) is 0 Å². The second kappa shape index (κ2) is 3.75. The number of hydrogen-bond donors (Lipinski definition) is 0. The van der Waals surface area contributed by atoms with Gasteiger partial charge in [0.25, 0.3) is 0 Å². The monoisotopic (exact) mass is 152 g/mol. The lowest BCUT2D eigenvalue weighted by molar-refractivity contribution is 0.518. The molecule has 0 nitrogen and oxygen atoms in total. The molecule has 11 heavy (non-hydrogen) atoms. The predicted molar refractivity (Wildman–Crippen MR) is 52.6 cm³/mol. The van der Waals surface area contributed by atoms with Crippen molar-refractivity contribution >= 4 is 0 Å². The molecule has 0 rings (SSSR count). The predicted octanol–water partition coefficient (Wildman–Crippen LogP) is 3.80. The summed E-state index contributed by atoms with van der Waals surface area (Å²) < 4.78 is 0. The highest BCUT2D eigenvalue weighted by molar-refractivity contribution is 5.21. The number of hydrogen-bond acceptors (Lipinski definition) is 0. The van der Waals surface area contributed by atoms with Crippen LogP contribution in [-0.2, 0) is 0 Å². The van der Waals surface area contributed by atoms with Gasteiger partial charge in [0.2, 0.25) is 0 Å². The highest BCUT2D eigenvalue weighted by atomic mass is 14.2. The molecule has 0 saturated heterocycles. The summed E-state index contributed by atoms with van der Waals surface area (Å²) in [4.78, 5) is 0. The van der Waals surface area contributed by atoms with Crippen molar-refractivity contribution in [2.75, 3.05) is 0 Å². The van der Waals surface area contributed by atoms with Crippen LogP contribution in [0.15, 0.2) is 24.3 Å². The Hall–Kier alpha value is -0.520. The third-order valence-corrected chi connectivity index (χ3v) is 1.65. The fourth-order valence-corrected chi connectivity index (χ4v) is 0.559. The van der Waals surface area contributed by atoms with Crippen LogP contribution in [0.1, 0.15) is 34.6 Å². The molecule has 0 heteroatoms. The van der Waals surface area contributed by atoms with E-state index in [2.05, 4.69) is 53.3 Å². The van der Waals surface area contributed by atoms with Gasteiger partial charge in [-0.3, -0.25) is 0 Å². The molecule has 0 aromatic rings. The molecule has 0 aromatic heterocycles. The van der Waals surface area contributed by atoms with Crippen molar-refractivity contribution in [2.45, 2.75) is 34.6 Å². The third-order valence-electron chi connectivity index (χ3n) is 1.65. The third kappa shape index (κ3) is 4.83. The first-order chi connectivity index (χ1) is 4.84. The number of allylic oxidation sites excluding steroid dienone is 3. The Morgan fingerprint density at radius 3 is 2.00 bits per heavy atom. The second-order valence-electron chi connectivity index (χ2n) is 4.38. The van der Waals surface area contributed by atoms with Crippen LogP contribution in [0, 0.1) is 11.3 Å². The minimum Gasteiger partial charge on any atom is -0.0953 e. The summed E-state index contributed by atoms with van der Waals surface area (Å²) in [6.07, 6.45) is 4.32. The largest absolute Gasteiger partial charge is 0.0953 e. The average molecular weight is 152 g/mol. The van der Waals surface area contributed by atoms with E-state index in [1.807, 2.05) is 0 Å². The average Bonchev–Trinajstić information content (AvgIpc) is 1.80. The molecule has 0 spiro atoms. The first kappa shape index (κ1) is 10.5. The first-order valence-corrected chi connectivity index (χ1v) is 4.21. The molecule has 0 heterocycles. The SMILES string of the molecule is C=C(C=CC(C)C)C(C)(C)C. The summed E-state index contributed by atoms with van der Waals surface area (Å²) in [5.74, 6) is 0.620. The molecule has 0 aliphatic rings. The van der Waals surface area contributed by atoms with Gasteiger partial charge in [-0.15, -0.1) is 0 Å². The smallest absolute Gasteiger partial charge is 0.0138 e. The van der Waals surface area contributed by atoms with E-state index < -0.39 is 0 Å². The molecule has 0 atom stereocenters. The Labute approximate surface area is 71.0 Å². The van der Waals surface area contributed by atoms with E-state index in [1.165, 1.54) is 5.57 Å². The van der Waals surface area contributed by atoms with Gasteiger partial charge in [-0.2, -0.15) is 0 Å². The summed E-state index contributed by atoms with van der Waals surface area (Å²) >= 11 is 0. The molecular weight excluding hydrogens is 132 g/mol. The van der Waals surface area contributed by atoms with Crippen LogP contribution in [0.2, 0.25) is 0 Å². The lowest BCUT2D eigenvalue weighted by Gasteiger charge is -2.18. The van der Waals surface area contributed by atoms with Gasteiger partial charge in [0.1, 0.15) is 0 Å². The molecule has 0 aliphatic heterocycles. The van der Waals surface area contributed by atoms with Gasteiger partial charge in [0.15, 0.2) is 0 Å². The van der Waals surface area contributed by atoms with E-state index in [0.29, 0.717) is 5.92 Å². The zero-order chi connectivity index (χ0) is 9.07. The van der Waals surface area contributed by atoms with Gasteiger partial charge in [0.05, 0.1) is 0 Å². The standard InChI is InChI=1S/C11H20/c1-9(2)7-8-10(3)11(4,5)6/h7-9H,3H2,1-2,4-6H3. The van der Waals surface area contributed by atoms with Crippen LogP contribution in [0.3, 0.4) is 0 Å². The molecular formula is C11H20. The Morgan fingerprint density at radius 1 is 1.27 bits per heavy atom. The lowest BCUT2D eigenvalue weighted by atomic mass is 9.87. The summed E-state index contributed by atoms with van der Waals surface area (Å²) in [6.45, 7) is 14.9. The summed E-state index contributed by atoms with van der Waals surface area (Å²) in [5.41, 5.74) is 1.41. The quantitative estimate of drug-likeness (QED) is 0.528. The van der Waals surface area contributed by atoms with Crippen molar-refractivity contribution in [2.24, 2.45) is 11.3 Å². The van der Waals surface area contributed by atoms with Gasteiger partial charge < -0.3 is 0 Å². The van der Waals surface area contributed by atoms with Crippen molar-refractivity contribution in [1.82, 2.24) is 0 Å². The molecule has 0 aromatic carbocycles. The van der Waals surface area contributed by atoms with E-state index in [4.69, 9.17) is 0 Å². The molecule has 64 valence electrons. The molecule has 0 N–H and O–H groups in total. The fourth-order valence-electron chi connectivity index (χ4n) is 0.559. The van der Waals surface area contributed by atoms with Gasteiger partial charge in [-0.05, 0) is 11.3 Å². The zero-order valence-electron chi connectivity index (χ0n) is 8.44. The van der Waals surface area contributed by atoms with Crippen LogP contribution in [0.25, 0.3) is 0 Å². The van der Waals surface area contributed by atoms with Gasteiger partial charge in [0, 0.05) is 0 Å². The topological polar surface area (TPSA) is 0 Å². The van der Waals surface area contributed by atoms with Crippen LogP contribution in [-0.4, -0.2) is 0 Å². The molecule has 0 saturated carbocycles. The maximum absolute atomic E-state index is 4.01. The van der Waals surface area contributed by atoms with Crippen molar-refractivity contribution in [3.8, 4) is 0 Å². The summed E-state index contributed by atoms with van der Waals surface area (Å²) in [7, 11) is 0. The summed E-state index contributed by atoms with van der Waals surface area (Å²) in [6, 6.07) is 0. The van der Waals surface area contributed by atoms with Crippen LogP contribution < -0.4 is 0 Å². The highest BCUT2D eigenvalue weighted by Crippen LogP contribution is 2.24. The Kier molecular flexibility index (Phi) is 3.57. The lowest BCUT2D eigenvalue weighted by Crippen LogP contribution is -2.06. The van der Waals surface area contributed by atoms with Crippen molar-refractivity contribution in [1.29, 1.82) is 0 Å².